The largest absolute Gasteiger partial charge is 0.357 e. The minimum Gasteiger partial charge on any atom is -0.357 e. The van der Waals surface area contributed by atoms with Crippen molar-refractivity contribution in [2.45, 2.75) is 27.2 Å². The van der Waals surface area contributed by atoms with Crippen molar-refractivity contribution in [3.63, 3.8) is 0 Å². The zero-order chi connectivity index (χ0) is 20.4. The Morgan fingerprint density at radius 3 is 2.48 bits per heavy atom. The second-order valence-electron chi connectivity index (χ2n) is 6.54. The molecular weight excluding hydrogens is 479 g/mol. The number of guanidine groups is 1. The second-order valence-corrected chi connectivity index (χ2v) is 6.54. The number of hydrogen-bond donors (Lipinski definition) is 1. The van der Waals surface area contributed by atoms with Gasteiger partial charge in [-0.15, -0.1) is 24.0 Å². The van der Waals surface area contributed by atoms with Gasteiger partial charge in [-0.05, 0) is 44.9 Å². The number of rotatable bonds is 9. The summed E-state index contributed by atoms with van der Waals surface area (Å²) in [5.74, 6) is 0.862. The van der Waals surface area contributed by atoms with Crippen molar-refractivity contribution >= 4 is 35.8 Å². The summed E-state index contributed by atoms with van der Waals surface area (Å²) < 4.78 is 1.87. The Morgan fingerprint density at radius 2 is 1.86 bits per heavy atom. The number of halogens is 1. The maximum Gasteiger partial charge on any atom is 0.242 e. The number of benzene rings is 1. The molecule has 160 valence electrons. The standard InChI is InChI=1S/C21H32N6O.HI/c1-5-22-21(25(4)17-20(28)26(6-2)7-3)23-14-13-18-15-24-27(16-18)19-11-9-8-10-12-19;/h8-12,15-16H,5-7,13-14,17H2,1-4H3,(H,22,23);1H. The highest BCUT2D eigenvalue weighted by Gasteiger charge is 2.14. The van der Waals surface area contributed by atoms with Crippen molar-refractivity contribution in [2.24, 2.45) is 4.99 Å². The van der Waals surface area contributed by atoms with E-state index in [9.17, 15) is 4.79 Å². The SMILES string of the molecule is CCNC(=NCCc1cnn(-c2ccccc2)c1)N(C)CC(=O)N(CC)CC.I. The lowest BCUT2D eigenvalue weighted by Gasteiger charge is -2.25. The first-order chi connectivity index (χ1) is 13.6. The monoisotopic (exact) mass is 512 g/mol. The van der Waals surface area contributed by atoms with Crippen molar-refractivity contribution in [3.8, 4) is 5.69 Å². The minimum atomic E-state index is 0. The number of carbonyl (C=O) groups excluding carboxylic acids is 1. The number of aromatic nitrogens is 2. The Labute approximate surface area is 191 Å². The molecule has 0 fully saturated rings. The first kappa shape index (κ1) is 24.9. The smallest absolute Gasteiger partial charge is 0.242 e. The topological polar surface area (TPSA) is 65.8 Å². The molecule has 1 aromatic heterocycles. The van der Waals surface area contributed by atoms with Gasteiger partial charge >= 0.3 is 0 Å². The molecule has 8 heteroatoms. The Balaban J connectivity index is 0.00000420. The molecule has 29 heavy (non-hydrogen) atoms. The van der Waals surface area contributed by atoms with Gasteiger partial charge in [-0.2, -0.15) is 5.10 Å². The van der Waals surface area contributed by atoms with Crippen LogP contribution in [0.25, 0.3) is 5.69 Å². The van der Waals surface area contributed by atoms with Crippen LogP contribution in [-0.4, -0.2) is 71.2 Å². The van der Waals surface area contributed by atoms with E-state index in [1.165, 1.54) is 0 Å². The number of carbonyl (C=O) groups is 1. The van der Waals surface area contributed by atoms with Crippen LogP contribution in [0, 0.1) is 0 Å². The number of hydrogen-bond acceptors (Lipinski definition) is 3. The van der Waals surface area contributed by atoms with E-state index in [1.54, 1.807) is 0 Å². The molecule has 1 N–H and O–H groups in total. The van der Waals surface area contributed by atoms with Gasteiger partial charge < -0.3 is 15.1 Å². The van der Waals surface area contributed by atoms with E-state index in [1.807, 2.05) is 85.0 Å². The number of nitrogens with one attached hydrogen (secondary N) is 1. The number of nitrogens with zero attached hydrogens (tertiary/aromatic N) is 5. The molecule has 0 bridgehead atoms. The normalized spacial score (nSPS) is 11.0. The minimum absolute atomic E-state index is 0. The predicted octanol–water partition coefficient (Wildman–Crippen LogP) is 2.80. The summed E-state index contributed by atoms with van der Waals surface area (Å²) in [7, 11) is 1.90. The molecule has 0 spiro atoms. The van der Waals surface area contributed by atoms with Crippen LogP contribution < -0.4 is 5.32 Å². The highest BCUT2D eigenvalue weighted by atomic mass is 127. The third kappa shape index (κ3) is 7.68. The predicted molar refractivity (Wildman–Crippen MR) is 129 cm³/mol. The van der Waals surface area contributed by atoms with Crippen LogP contribution in [-0.2, 0) is 11.2 Å². The van der Waals surface area contributed by atoms with Crippen molar-refractivity contribution in [3.05, 3.63) is 48.3 Å². The van der Waals surface area contributed by atoms with Gasteiger partial charge in [0.05, 0.1) is 18.4 Å². The number of likely N-dealkylation sites (N-methyl/N-ethyl adjacent to an activating group) is 2. The number of amides is 1. The molecule has 0 radical (unpaired) electrons. The van der Waals surface area contributed by atoms with Gasteiger partial charge in [0.1, 0.15) is 0 Å². The van der Waals surface area contributed by atoms with Crippen LogP contribution in [0.4, 0.5) is 0 Å². The molecule has 0 aliphatic heterocycles. The summed E-state index contributed by atoms with van der Waals surface area (Å²) in [6.07, 6.45) is 4.70. The van der Waals surface area contributed by atoms with E-state index in [0.29, 0.717) is 13.1 Å². The van der Waals surface area contributed by atoms with Gasteiger partial charge in [0, 0.05) is 39.4 Å². The van der Waals surface area contributed by atoms with Crippen LogP contribution in [0.1, 0.15) is 26.3 Å². The zero-order valence-corrected chi connectivity index (χ0v) is 20.2. The summed E-state index contributed by atoms with van der Waals surface area (Å²) in [4.78, 5) is 20.7. The summed E-state index contributed by atoms with van der Waals surface area (Å²) >= 11 is 0. The summed E-state index contributed by atoms with van der Waals surface area (Å²) in [6, 6.07) is 10.0. The lowest BCUT2D eigenvalue weighted by Crippen LogP contribution is -2.45. The average Bonchev–Trinajstić information content (AvgIpc) is 3.18. The molecule has 1 heterocycles. The number of para-hydroxylation sites is 1. The lowest BCUT2D eigenvalue weighted by atomic mass is 10.2. The maximum atomic E-state index is 12.3. The molecule has 0 atom stereocenters. The molecule has 1 amide bonds. The molecule has 0 aliphatic rings. The molecule has 2 aromatic rings. The Bertz CT molecular complexity index is 758. The summed E-state index contributed by atoms with van der Waals surface area (Å²) in [5.41, 5.74) is 2.17. The first-order valence-corrected chi connectivity index (χ1v) is 9.95. The van der Waals surface area contributed by atoms with E-state index >= 15 is 0 Å². The van der Waals surface area contributed by atoms with Crippen molar-refractivity contribution in [2.75, 3.05) is 39.8 Å². The van der Waals surface area contributed by atoms with Crippen molar-refractivity contribution in [1.29, 1.82) is 0 Å². The number of aliphatic imine (C=N–C) groups is 1. The third-order valence-corrected chi connectivity index (χ3v) is 4.50. The van der Waals surface area contributed by atoms with Crippen LogP contribution in [0.15, 0.2) is 47.7 Å². The van der Waals surface area contributed by atoms with Crippen molar-refractivity contribution in [1.82, 2.24) is 24.9 Å². The fourth-order valence-corrected chi connectivity index (χ4v) is 2.93. The van der Waals surface area contributed by atoms with Crippen molar-refractivity contribution < 1.29 is 4.79 Å². The molecule has 7 nitrogen and oxygen atoms in total. The van der Waals surface area contributed by atoms with Gasteiger partial charge in [-0.25, -0.2) is 4.68 Å². The van der Waals surface area contributed by atoms with Gasteiger partial charge in [-0.1, -0.05) is 18.2 Å². The van der Waals surface area contributed by atoms with Gasteiger partial charge in [-0.3, -0.25) is 9.79 Å². The van der Waals surface area contributed by atoms with Crippen LogP contribution >= 0.6 is 24.0 Å². The maximum absolute atomic E-state index is 12.3. The molecule has 0 unspecified atom stereocenters. The molecule has 2 rings (SSSR count). The van der Waals surface area contributed by atoms with E-state index in [0.717, 1.165) is 43.3 Å². The lowest BCUT2D eigenvalue weighted by molar-refractivity contribution is -0.131. The van der Waals surface area contributed by atoms with Crippen LogP contribution in [0.2, 0.25) is 0 Å². The van der Waals surface area contributed by atoms with E-state index in [2.05, 4.69) is 15.4 Å². The zero-order valence-electron chi connectivity index (χ0n) is 17.8. The van der Waals surface area contributed by atoms with E-state index in [4.69, 9.17) is 0 Å². The Morgan fingerprint density at radius 1 is 1.17 bits per heavy atom. The summed E-state index contributed by atoms with van der Waals surface area (Å²) in [6.45, 7) is 9.18. The van der Waals surface area contributed by atoms with Gasteiger partial charge in [0.15, 0.2) is 5.96 Å². The molecular formula is C21H33IN6O. The molecule has 1 aromatic carbocycles. The quantitative estimate of drug-likeness (QED) is 0.319. The Hall–Kier alpha value is -2.10. The molecule has 0 saturated heterocycles. The van der Waals surface area contributed by atoms with Gasteiger partial charge in [0.2, 0.25) is 5.91 Å². The van der Waals surface area contributed by atoms with E-state index < -0.39 is 0 Å². The molecule has 0 aliphatic carbocycles. The highest BCUT2D eigenvalue weighted by molar-refractivity contribution is 14.0. The van der Waals surface area contributed by atoms with Gasteiger partial charge in [0.25, 0.3) is 0 Å². The second kappa shape index (κ2) is 13.2. The van der Waals surface area contributed by atoms with Crippen LogP contribution in [0.5, 0.6) is 0 Å². The molecule has 0 saturated carbocycles. The third-order valence-electron chi connectivity index (χ3n) is 4.50. The fourth-order valence-electron chi connectivity index (χ4n) is 2.93. The summed E-state index contributed by atoms with van der Waals surface area (Å²) in [5, 5.41) is 7.69. The average molecular weight is 512 g/mol. The highest BCUT2D eigenvalue weighted by Crippen LogP contribution is 2.08. The fraction of sp³-hybridized carbons (Fsp3) is 0.476. The first-order valence-electron chi connectivity index (χ1n) is 9.95. The van der Waals surface area contributed by atoms with E-state index in [-0.39, 0.29) is 29.9 Å². The Kier molecular flexibility index (Phi) is 11.3. The van der Waals surface area contributed by atoms with Crippen LogP contribution in [0.3, 0.4) is 0 Å².